The maximum Gasteiger partial charge on any atom is 0.513 e. The van der Waals surface area contributed by atoms with Gasteiger partial charge in [0.15, 0.2) is 0 Å². The zero-order chi connectivity index (χ0) is 17.3. The highest BCUT2D eigenvalue weighted by Gasteiger charge is 2.28. The second-order valence-corrected chi connectivity index (χ2v) is 5.14. The molecule has 7 nitrogen and oxygen atoms in total. The quantitative estimate of drug-likeness (QED) is 0.382. The summed E-state index contributed by atoms with van der Waals surface area (Å²) >= 11 is 0. The normalized spacial score (nSPS) is 14.0. The Bertz CT molecular complexity index is 482. The Balaban J connectivity index is 4.68. The van der Waals surface area contributed by atoms with Crippen molar-refractivity contribution >= 4 is 18.0 Å². The van der Waals surface area contributed by atoms with Crippen LogP contribution in [0.1, 0.15) is 26.2 Å². The molecule has 0 aromatic carbocycles. The molecule has 0 aliphatic heterocycles. The van der Waals surface area contributed by atoms with Crippen molar-refractivity contribution in [2.24, 2.45) is 0 Å². The van der Waals surface area contributed by atoms with Crippen molar-refractivity contribution in [2.45, 2.75) is 26.2 Å². The van der Waals surface area contributed by atoms with Gasteiger partial charge in [-0.25, -0.2) is 9.28 Å². The lowest BCUT2D eigenvalue weighted by atomic mass is 10.1. The highest BCUT2D eigenvalue weighted by atomic mass is 16.5. The van der Waals surface area contributed by atoms with Crippen LogP contribution in [-0.2, 0) is 14.3 Å². The second-order valence-electron chi connectivity index (χ2n) is 5.14. The van der Waals surface area contributed by atoms with E-state index in [1.165, 1.54) is 13.2 Å². The number of carboxylic acid groups (broad SMARTS) is 2. The van der Waals surface area contributed by atoms with Crippen molar-refractivity contribution in [1.82, 2.24) is 0 Å². The van der Waals surface area contributed by atoms with Crippen molar-refractivity contribution < 1.29 is 33.8 Å². The molecule has 0 aliphatic carbocycles. The van der Waals surface area contributed by atoms with Crippen LogP contribution in [0.15, 0.2) is 23.8 Å². The van der Waals surface area contributed by atoms with Gasteiger partial charge in [0, 0.05) is 12.0 Å². The third-order valence-corrected chi connectivity index (χ3v) is 3.59. The van der Waals surface area contributed by atoms with E-state index in [4.69, 9.17) is 5.11 Å². The molecule has 124 valence electrons. The van der Waals surface area contributed by atoms with Gasteiger partial charge in [-0.2, -0.15) is 4.79 Å². The second kappa shape index (κ2) is 8.99. The Morgan fingerprint density at radius 3 is 2.36 bits per heavy atom. The van der Waals surface area contributed by atoms with Crippen LogP contribution < -0.4 is 5.11 Å². The summed E-state index contributed by atoms with van der Waals surface area (Å²) in [6, 6.07) is 0. The van der Waals surface area contributed by atoms with Crippen LogP contribution in [0.25, 0.3) is 0 Å². The molecule has 0 fully saturated rings. The molecule has 0 heterocycles. The van der Waals surface area contributed by atoms with Crippen molar-refractivity contribution in [3.8, 4) is 0 Å². The topological polar surface area (TPSA) is 104 Å². The van der Waals surface area contributed by atoms with Gasteiger partial charge in [0.05, 0.1) is 33.2 Å². The minimum absolute atomic E-state index is 0.0260. The fourth-order valence-electron chi connectivity index (χ4n) is 1.77. The number of nitrogens with zero attached hydrogens (tertiary/aromatic N) is 1. The highest BCUT2D eigenvalue weighted by Crippen LogP contribution is 2.13. The molecule has 1 atom stereocenters. The summed E-state index contributed by atoms with van der Waals surface area (Å²) in [6.07, 6.45) is 0.986. The molecule has 1 N–H and O–H groups in total. The van der Waals surface area contributed by atoms with E-state index >= 15 is 0 Å². The van der Waals surface area contributed by atoms with Crippen LogP contribution in [-0.4, -0.2) is 54.9 Å². The molecule has 1 amide bonds. The van der Waals surface area contributed by atoms with Crippen LogP contribution >= 0.6 is 0 Å². The zero-order valence-corrected chi connectivity index (χ0v) is 13.3. The van der Waals surface area contributed by atoms with Gasteiger partial charge in [0.25, 0.3) is 0 Å². The van der Waals surface area contributed by atoms with Crippen molar-refractivity contribution in [3.05, 3.63) is 23.8 Å². The van der Waals surface area contributed by atoms with Crippen molar-refractivity contribution in [3.63, 3.8) is 0 Å². The molecule has 0 saturated heterocycles. The number of hydrogen-bond donors (Lipinski definition) is 1. The molecule has 0 aliphatic rings. The molecule has 0 radical (unpaired) electrons. The van der Waals surface area contributed by atoms with Gasteiger partial charge in [-0.1, -0.05) is 12.7 Å². The van der Waals surface area contributed by atoms with Crippen LogP contribution in [0, 0.1) is 0 Å². The number of amides is 1. The van der Waals surface area contributed by atoms with Crippen LogP contribution in [0.2, 0.25) is 0 Å². The zero-order valence-electron chi connectivity index (χ0n) is 13.3. The van der Waals surface area contributed by atoms with E-state index in [0.29, 0.717) is 19.5 Å². The van der Waals surface area contributed by atoms with E-state index in [9.17, 15) is 19.5 Å². The number of quaternary nitrogens is 1. The monoisotopic (exact) mass is 313 g/mol. The number of aliphatic carboxylic acids is 1. The van der Waals surface area contributed by atoms with E-state index in [-0.39, 0.29) is 28.5 Å². The minimum Gasteiger partial charge on any atom is -0.545 e. The van der Waals surface area contributed by atoms with Crippen LogP contribution in [0.3, 0.4) is 0 Å². The predicted octanol–water partition coefficient (Wildman–Crippen LogP) is 0.707. The molecule has 0 rings (SSSR count). The first-order chi connectivity index (χ1) is 10.2. The van der Waals surface area contributed by atoms with Gasteiger partial charge in [-0.15, -0.1) is 0 Å². The van der Waals surface area contributed by atoms with E-state index < -0.39 is 18.0 Å². The SMILES string of the molecule is C=C(CC=C(CCC[N+](C)(CC)C(=O)O)C(=O)[O-])C(=O)OC. The molecule has 0 bridgehead atoms. The van der Waals surface area contributed by atoms with Gasteiger partial charge >= 0.3 is 12.1 Å². The first-order valence-electron chi connectivity index (χ1n) is 6.92. The van der Waals surface area contributed by atoms with Crippen molar-refractivity contribution in [1.29, 1.82) is 0 Å². The largest absolute Gasteiger partial charge is 0.545 e. The van der Waals surface area contributed by atoms with Crippen LogP contribution in [0.4, 0.5) is 4.79 Å². The molecular formula is C15H23NO6. The molecule has 0 spiro atoms. The fourth-order valence-corrected chi connectivity index (χ4v) is 1.77. The summed E-state index contributed by atoms with van der Waals surface area (Å²) in [4.78, 5) is 33.4. The number of esters is 1. The first kappa shape index (κ1) is 19.9. The smallest absolute Gasteiger partial charge is 0.513 e. The number of carbonyl (C=O) groups excluding carboxylic acids is 2. The summed E-state index contributed by atoms with van der Waals surface area (Å²) in [5.74, 6) is -1.94. The molecular weight excluding hydrogens is 290 g/mol. The minimum atomic E-state index is -1.33. The van der Waals surface area contributed by atoms with Crippen molar-refractivity contribution in [2.75, 3.05) is 27.2 Å². The maximum atomic E-state index is 11.2. The Hall–Kier alpha value is -2.15. The standard InChI is InChI=1S/C15H23NO6/c1-5-16(3,15(20)21)10-6-7-12(13(17)18)9-8-11(2)14(19)22-4/h9H,2,5-8,10H2,1,3-4H3,(H-,17,18,20,21). The maximum absolute atomic E-state index is 11.2. The number of allylic oxidation sites excluding steroid dienone is 1. The van der Waals surface area contributed by atoms with Gasteiger partial charge in [0.1, 0.15) is 0 Å². The third-order valence-electron chi connectivity index (χ3n) is 3.59. The summed E-state index contributed by atoms with van der Waals surface area (Å²) in [5.41, 5.74) is 0.166. The fraction of sp³-hybridized carbons (Fsp3) is 0.533. The van der Waals surface area contributed by atoms with E-state index in [2.05, 4.69) is 11.3 Å². The Kier molecular flexibility index (Phi) is 8.11. The van der Waals surface area contributed by atoms with Gasteiger partial charge < -0.3 is 19.7 Å². The third kappa shape index (κ3) is 6.09. The lowest BCUT2D eigenvalue weighted by Crippen LogP contribution is -2.48. The lowest BCUT2D eigenvalue weighted by Gasteiger charge is -2.26. The summed E-state index contributed by atoms with van der Waals surface area (Å²) in [5, 5.41) is 20.2. The van der Waals surface area contributed by atoms with E-state index in [1.54, 1.807) is 14.0 Å². The average molecular weight is 313 g/mol. The van der Waals surface area contributed by atoms with Crippen LogP contribution in [0.5, 0.6) is 0 Å². The van der Waals surface area contributed by atoms with Gasteiger partial charge in [0.2, 0.25) is 0 Å². The molecule has 22 heavy (non-hydrogen) atoms. The average Bonchev–Trinajstić information content (AvgIpc) is 2.48. The number of carboxylic acids is 1. The number of rotatable bonds is 9. The molecule has 0 aromatic rings. The van der Waals surface area contributed by atoms with Gasteiger partial charge in [-0.3, -0.25) is 0 Å². The Labute approximate surface area is 130 Å². The molecule has 1 unspecified atom stereocenters. The highest BCUT2D eigenvalue weighted by molar-refractivity contribution is 5.89. The lowest BCUT2D eigenvalue weighted by molar-refractivity contribution is -0.835. The van der Waals surface area contributed by atoms with E-state index in [1.807, 2.05) is 0 Å². The predicted molar refractivity (Wildman–Crippen MR) is 77.7 cm³/mol. The number of ether oxygens (including phenoxy) is 1. The Morgan fingerprint density at radius 2 is 1.95 bits per heavy atom. The summed E-state index contributed by atoms with van der Waals surface area (Å²) < 4.78 is 4.29. The first-order valence-corrected chi connectivity index (χ1v) is 6.92. The number of methoxy groups -OCH3 is 1. The van der Waals surface area contributed by atoms with E-state index in [0.717, 1.165) is 0 Å². The molecule has 0 aromatic heterocycles. The van der Waals surface area contributed by atoms with Gasteiger partial charge in [-0.05, 0) is 25.3 Å². The summed E-state index contributed by atoms with van der Waals surface area (Å²) in [6.45, 7) is 5.96. The number of carbonyl (C=O) groups is 3. The molecule has 7 heteroatoms. The molecule has 0 saturated carbocycles. The Morgan fingerprint density at radius 1 is 1.36 bits per heavy atom. The number of hydrogen-bond acceptors (Lipinski definition) is 5. The summed E-state index contributed by atoms with van der Waals surface area (Å²) in [7, 11) is 2.79.